The lowest BCUT2D eigenvalue weighted by Crippen LogP contribution is -2.70. The first-order valence-electron chi connectivity index (χ1n) is 10.7. The summed E-state index contributed by atoms with van der Waals surface area (Å²) in [7, 11) is 3.65. The molecular weight excluding hydrogens is 439 g/mol. The number of rotatable bonds is 2. The Labute approximate surface area is 190 Å². The van der Waals surface area contributed by atoms with Gasteiger partial charge in [0, 0.05) is 32.7 Å². The van der Waals surface area contributed by atoms with Gasteiger partial charge in [-0.1, -0.05) is 29.3 Å². The molecule has 166 valence electrons. The highest BCUT2D eigenvalue weighted by atomic mass is 35.5. The summed E-state index contributed by atoms with van der Waals surface area (Å²) in [5.74, 6) is 0.242. The van der Waals surface area contributed by atoms with E-state index in [4.69, 9.17) is 28.9 Å². The number of halogens is 2. The number of hydrazine groups is 1. The van der Waals surface area contributed by atoms with Gasteiger partial charge >= 0.3 is 0 Å². The molecule has 4 fully saturated rings. The van der Waals surface area contributed by atoms with Crippen LogP contribution in [0, 0.1) is 11.8 Å². The standard InChI is InChI=1S/C20H26Cl2N8O/c1-28-19(31)13-16(9-4-5-10-12(14(9)21)17(22)29(2)27-10)25-26-18(13)24-20(28)30-7-8-3-6-11(30)15(8)23/h4-5,8,11,13,15-16,18,20,24-26H,3,6-7,23H2,1-2H3/t8-,11-,13?,15-,16?,18?,20?/m1/s1. The summed E-state index contributed by atoms with van der Waals surface area (Å²) in [4.78, 5) is 17.7. The van der Waals surface area contributed by atoms with Gasteiger partial charge in [0.1, 0.15) is 11.4 Å². The minimum Gasteiger partial charge on any atom is -0.326 e. The van der Waals surface area contributed by atoms with E-state index in [-0.39, 0.29) is 36.4 Å². The zero-order valence-corrected chi connectivity index (χ0v) is 18.9. The van der Waals surface area contributed by atoms with Crippen molar-refractivity contribution < 1.29 is 4.79 Å². The van der Waals surface area contributed by atoms with E-state index in [1.807, 2.05) is 24.1 Å². The van der Waals surface area contributed by atoms with Crippen LogP contribution in [0.3, 0.4) is 0 Å². The maximum atomic E-state index is 13.6. The summed E-state index contributed by atoms with van der Waals surface area (Å²) in [6.45, 7) is 0.928. The smallest absolute Gasteiger partial charge is 0.232 e. The minimum atomic E-state index is -0.347. The second-order valence-corrected chi connectivity index (χ2v) is 9.95. The molecule has 0 radical (unpaired) electrons. The maximum Gasteiger partial charge on any atom is 0.232 e. The molecule has 1 aliphatic carbocycles. The second-order valence-electron chi connectivity index (χ2n) is 9.22. The van der Waals surface area contributed by atoms with Crippen molar-refractivity contribution in [2.75, 3.05) is 13.6 Å². The maximum absolute atomic E-state index is 13.6. The Morgan fingerprint density at radius 1 is 1.19 bits per heavy atom. The number of nitrogens with two attached hydrogens (primary N) is 1. The fourth-order valence-corrected chi connectivity index (χ4v) is 6.68. The van der Waals surface area contributed by atoms with Crippen molar-refractivity contribution in [2.24, 2.45) is 24.6 Å². The van der Waals surface area contributed by atoms with Crippen LogP contribution >= 0.6 is 23.2 Å². The number of benzene rings is 1. The first-order chi connectivity index (χ1) is 14.9. The molecule has 0 spiro atoms. The number of nitrogens with one attached hydrogen (secondary N) is 3. The predicted molar refractivity (Wildman–Crippen MR) is 118 cm³/mol. The number of carbonyl (C=O) groups excluding carboxylic acids is 1. The van der Waals surface area contributed by atoms with Gasteiger partial charge < -0.3 is 10.6 Å². The van der Waals surface area contributed by atoms with Crippen LogP contribution in [0.1, 0.15) is 24.4 Å². The molecule has 4 aliphatic rings. The Hall–Kier alpha value is -1.46. The third kappa shape index (κ3) is 2.75. The largest absolute Gasteiger partial charge is 0.326 e. The average Bonchev–Trinajstić information content (AvgIpc) is 3.48. The van der Waals surface area contributed by atoms with Crippen molar-refractivity contribution in [2.45, 2.75) is 43.4 Å². The Balaban J connectivity index is 1.31. The SMILES string of the molecule is CN1C(=O)C2C(NNC2c2ccc3nn(C)c(Cl)c3c2Cl)NC1N1C[C@H]2CC[C@@H]1[C@@H]2N. The molecule has 1 aromatic heterocycles. The van der Waals surface area contributed by atoms with Crippen LogP contribution in [0.25, 0.3) is 10.9 Å². The Kier molecular flexibility index (Phi) is 4.57. The van der Waals surface area contributed by atoms with Crippen molar-refractivity contribution in [3.05, 3.63) is 27.9 Å². The van der Waals surface area contributed by atoms with E-state index in [0.717, 1.165) is 24.0 Å². The molecule has 3 saturated heterocycles. The molecule has 11 heteroatoms. The van der Waals surface area contributed by atoms with Gasteiger partial charge in [0.05, 0.1) is 34.1 Å². The number of hydrogen-bond donors (Lipinski definition) is 4. The van der Waals surface area contributed by atoms with E-state index < -0.39 is 0 Å². The summed E-state index contributed by atoms with van der Waals surface area (Å²) in [5.41, 5.74) is 14.5. The van der Waals surface area contributed by atoms with Gasteiger partial charge in [-0.15, -0.1) is 0 Å². The third-order valence-corrected chi connectivity index (χ3v) is 8.52. The topological polar surface area (TPSA) is 103 Å². The van der Waals surface area contributed by atoms with Gasteiger partial charge in [0.2, 0.25) is 5.91 Å². The number of piperidine rings is 1. The fourth-order valence-electron chi connectivity index (χ4n) is 6.04. The number of carbonyl (C=O) groups is 1. The highest BCUT2D eigenvalue weighted by Gasteiger charge is 2.54. The molecule has 1 amide bonds. The quantitative estimate of drug-likeness (QED) is 0.519. The zero-order chi connectivity index (χ0) is 21.6. The summed E-state index contributed by atoms with van der Waals surface area (Å²) in [6, 6.07) is 4.05. The zero-order valence-electron chi connectivity index (χ0n) is 17.3. The first kappa shape index (κ1) is 20.2. The van der Waals surface area contributed by atoms with Crippen LogP contribution in [0.5, 0.6) is 0 Å². The molecule has 1 saturated carbocycles. The van der Waals surface area contributed by atoms with Gasteiger partial charge in [-0.3, -0.25) is 19.7 Å². The monoisotopic (exact) mass is 464 g/mol. The lowest BCUT2D eigenvalue weighted by atomic mass is 9.89. The number of aryl methyl sites for hydroxylation is 1. The van der Waals surface area contributed by atoms with Crippen LogP contribution in [0.2, 0.25) is 10.2 Å². The van der Waals surface area contributed by atoms with Crippen LogP contribution in [0.4, 0.5) is 0 Å². The number of aromatic nitrogens is 2. The summed E-state index contributed by atoms with van der Waals surface area (Å²) in [6.07, 6.45) is 1.88. The minimum absolute atomic E-state index is 0.0704. The van der Waals surface area contributed by atoms with Crippen LogP contribution in [-0.2, 0) is 11.8 Å². The van der Waals surface area contributed by atoms with Crippen LogP contribution < -0.4 is 21.9 Å². The van der Waals surface area contributed by atoms with E-state index >= 15 is 0 Å². The van der Waals surface area contributed by atoms with Gasteiger partial charge in [0.15, 0.2) is 0 Å². The van der Waals surface area contributed by atoms with E-state index in [9.17, 15) is 4.79 Å². The van der Waals surface area contributed by atoms with Gasteiger partial charge in [-0.2, -0.15) is 5.10 Å². The molecule has 2 aromatic rings. The molecule has 31 heavy (non-hydrogen) atoms. The predicted octanol–water partition coefficient (Wildman–Crippen LogP) is 0.738. The van der Waals surface area contributed by atoms with Gasteiger partial charge in [-0.05, 0) is 30.4 Å². The number of nitrogens with zero attached hydrogens (tertiary/aromatic N) is 4. The molecule has 6 rings (SSSR count). The van der Waals surface area contributed by atoms with Crippen LogP contribution in [0.15, 0.2) is 12.1 Å². The van der Waals surface area contributed by atoms with E-state index in [0.29, 0.717) is 27.5 Å². The Morgan fingerprint density at radius 2 is 2.00 bits per heavy atom. The van der Waals surface area contributed by atoms with Crippen molar-refractivity contribution in [3.8, 4) is 0 Å². The van der Waals surface area contributed by atoms with E-state index in [1.54, 1.807) is 11.7 Å². The van der Waals surface area contributed by atoms with E-state index in [2.05, 4.69) is 26.2 Å². The molecule has 3 aliphatic heterocycles. The number of fused-ring (bicyclic) bond motifs is 4. The molecule has 1 aromatic carbocycles. The lowest BCUT2D eigenvalue weighted by Gasteiger charge is -2.47. The lowest BCUT2D eigenvalue weighted by molar-refractivity contribution is -0.151. The van der Waals surface area contributed by atoms with Crippen LogP contribution in [-0.4, -0.2) is 63.6 Å². The third-order valence-electron chi connectivity index (χ3n) is 7.68. The van der Waals surface area contributed by atoms with Crippen molar-refractivity contribution in [3.63, 3.8) is 0 Å². The van der Waals surface area contributed by atoms with Gasteiger partial charge in [0.25, 0.3) is 0 Å². The van der Waals surface area contributed by atoms with Crippen molar-refractivity contribution in [1.29, 1.82) is 0 Å². The van der Waals surface area contributed by atoms with Crippen molar-refractivity contribution >= 4 is 40.0 Å². The highest BCUT2D eigenvalue weighted by Crippen LogP contribution is 2.42. The highest BCUT2D eigenvalue weighted by molar-refractivity contribution is 6.42. The first-order valence-corrected chi connectivity index (χ1v) is 11.5. The number of amides is 1. The summed E-state index contributed by atoms with van der Waals surface area (Å²) in [5, 5.41) is 9.73. The van der Waals surface area contributed by atoms with Gasteiger partial charge in [-0.25, -0.2) is 10.9 Å². The fraction of sp³-hybridized carbons (Fsp3) is 0.600. The molecule has 9 nitrogen and oxygen atoms in total. The number of likely N-dealkylation sites (tertiary alicyclic amines) is 1. The molecule has 4 unspecified atom stereocenters. The molecule has 2 bridgehead atoms. The van der Waals surface area contributed by atoms with Crippen molar-refractivity contribution in [1.82, 2.24) is 35.7 Å². The second kappa shape index (κ2) is 7.02. The molecule has 5 N–H and O–H groups in total. The van der Waals surface area contributed by atoms with E-state index in [1.165, 1.54) is 6.42 Å². The Bertz CT molecular complexity index is 1080. The summed E-state index contributed by atoms with van der Waals surface area (Å²) >= 11 is 13.2. The molecule has 7 atom stereocenters. The normalized spacial score (nSPS) is 37.9. The Morgan fingerprint density at radius 3 is 2.71 bits per heavy atom. The average molecular weight is 465 g/mol. The summed E-state index contributed by atoms with van der Waals surface area (Å²) < 4.78 is 1.60. The molecule has 4 heterocycles. The number of hydrogen-bond acceptors (Lipinski definition) is 7. The molecular formula is C20H26Cl2N8O.